The van der Waals surface area contributed by atoms with E-state index in [4.69, 9.17) is 0 Å². The summed E-state index contributed by atoms with van der Waals surface area (Å²) in [4.78, 5) is 0. The summed E-state index contributed by atoms with van der Waals surface area (Å²) in [5.41, 5.74) is 0.584. The van der Waals surface area contributed by atoms with E-state index in [0.29, 0.717) is 11.1 Å². The number of rotatable bonds is 1. The summed E-state index contributed by atoms with van der Waals surface area (Å²) in [6, 6.07) is 7.65. The number of hydrogen-bond donors (Lipinski definition) is 0. The molecule has 82 valence electrons. The Balaban J connectivity index is 2.63. The second-order valence-corrected chi connectivity index (χ2v) is 3.56. The molecule has 2 aromatic rings. The van der Waals surface area contributed by atoms with Crippen molar-refractivity contribution in [1.82, 2.24) is 0 Å². The Kier molecular flexibility index (Phi) is 2.69. The maximum atomic E-state index is 13.7. The predicted octanol–water partition coefficient (Wildman–Crippen LogP) is 4.08. The van der Waals surface area contributed by atoms with E-state index in [2.05, 4.69) is 0 Å². The summed E-state index contributed by atoms with van der Waals surface area (Å²) in [5, 5.41) is 0. The molecular formula is C13H9F3. The molecule has 0 heterocycles. The Morgan fingerprint density at radius 1 is 0.812 bits per heavy atom. The lowest BCUT2D eigenvalue weighted by Gasteiger charge is -2.07. The molecule has 16 heavy (non-hydrogen) atoms. The zero-order valence-corrected chi connectivity index (χ0v) is 8.60. The van der Waals surface area contributed by atoms with Gasteiger partial charge in [-0.3, -0.25) is 0 Å². The van der Waals surface area contributed by atoms with Crippen LogP contribution in [-0.2, 0) is 0 Å². The highest BCUT2D eigenvalue weighted by molar-refractivity contribution is 5.65. The first-order chi connectivity index (χ1) is 7.59. The van der Waals surface area contributed by atoms with Crippen LogP contribution in [0.3, 0.4) is 0 Å². The van der Waals surface area contributed by atoms with Gasteiger partial charge in [0.1, 0.15) is 17.5 Å². The largest absolute Gasteiger partial charge is 0.207 e. The Morgan fingerprint density at radius 2 is 1.44 bits per heavy atom. The average Bonchev–Trinajstić information content (AvgIpc) is 2.27. The van der Waals surface area contributed by atoms with Crippen LogP contribution in [0.25, 0.3) is 11.1 Å². The molecular weight excluding hydrogens is 213 g/mol. The summed E-state index contributed by atoms with van der Waals surface area (Å²) in [7, 11) is 0. The topological polar surface area (TPSA) is 0 Å². The minimum absolute atomic E-state index is 0.111. The molecule has 0 atom stereocenters. The summed E-state index contributed by atoms with van der Waals surface area (Å²) in [5.74, 6) is -1.68. The van der Waals surface area contributed by atoms with Crippen molar-refractivity contribution < 1.29 is 13.2 Å². The third-order valence-corrected chi connectivity index (χ3v) is 2.42. The van der Waals surface area contributed by atoms with Crippen LogP contribution in [-0.4, -0.2) is 0 Å². The fourth-order valence-electron chi connectivity index (χ4n) is 1.54. The molecule has 3 heteroatoms. The lowest BCUT2D eigenvalue weighted by Crippen LogP contribution is -1.93. The van der Waals surface area contributed by atoms with Gasteiger partial charge in [0.05, 0.1) is 5.56 Å². The van der Waals surface area contributed by atoms with E-state index < -0.39 is 17.5 Å². The van der Waals surface area contributed by atoms with Crippen LogP contribution in [0.4, 0.5) is 13.2 Å². The van der Waals surface area contributed by atoms with E-state index in [1.165, 1.54) is 36.4 Å². The van der Waals surface area contributed by atoms with Crippen molar-refractivity contribution in [3.8, 4) is 11.1 Å². The fourth-order valence-corrected chi connectivity index (χ4v) is 1.54. The van der Waals surface area contributed by atoms with Gasteiger partial charge in [-0.25, -0.2) is 13.2 Å². The van der Waals surface area contributed by atoms with Crippen LogP contribution >= 0.6 is 0 Å². The fraction of sp³-hybridized carbons (Fsp3) is 0.0769. The standard InChI is InChI=1S/C13H9F3/c1-8-2-7-11(15)12(13(8)16)9-3-5-10(14)6-4-9/h2-7H,1H3. The van der Waals surface area contributed by atoms with Crippen molar-refractivity contribution in [2.75, 3.05) is 0 Å². The molecule has 0 unspecified atom stereocenters. The van der Waals surface area contributed by atoms with E-state index in [1.807, 2.05) is 0 Å². The van der Waals surface area contributed by atoms with Gasteiger partial charge in [-0.1, -0.05) is 18.2 Å². The quantitative estimate of drug-likeness (QED) is 0.682. The monoisotopic (exact) mass is 222 g/mol. The summed E-state index contributed by atoms with van der Waals surface area (Å²) >= 11 is 0. The molecule has 2 aromatic carbocycles. The zero-order valence-electron chi connectivity index (χ0n) is 8.60. The Bertz CT molecular complexity index is 515. The molecule has 0 aromatic heterocycles. The molecule has 0 bridgehead atoms. The van der Waals surface area contributed by atoms with Gasteiger partial charge in [0, 0.05) is 0 Å². The zero-order chi connectivity index (χ0) is 11.7. The maximum Gasteiger partial charge on any atom is 0.136 e. The molecule has 0 aliphatic heterocycles. The number of aryl methyl sites for hydroxylation is 1. The third kappa shape index (κ3) is 1.81. The molecule has 0 radical (unpaired) electrons. The second kappa shape index (κ2) is 4.00. The molecule has 0 saturated carbocycles. The van der Waals surface area contributed by atoms with Crippen LogP contribution in [0, 0.1) is 24.4 Å². The van der Waals surface area contributed by atoms with Crippen LogP contribution in [0.5, 0.6) is 0 Å². The molecule has 0 amide bonds. The van der Waals surface area contributed by atoms with Crippen molar-refractivity contribution >= 4 is 0 Å². The van der Waals surface area contributed by atoms with Crippen LogP contribution < -0.4 is 0 Å². The van der Waals surface area contributed by atoms with E-state index >= 15 is 0 Å². The average molecular weight is 222 g/mol. The van der Waals surface area contributed by atoms with Gasteiger partial charge < -0.3 is 0 Å². The van der Waals surface area contributed by atoms with Gasteiger partial charge in [-0.05, 0) is 36.2 Å². The normalized spacial score (nSPS) is 10.5. The van der Waals surface area contributed by atoms with Crippen LogP contribution in [0.1, 0.15) is 5.56 Å². The third-order valence-electron chi connectivity index (χ3n) is 2.42. The Labute approximate surface area is 91.4 Å². The Morgan fingerprint density at radius 3 is 2.06 bits per heavy atom. The minimum Gasteiger partial charge on any atom is -0.207 e. The molecule has 0 saturated heterocycles. The lowest BCUT2D eigenvalue weighted by molar-refractivity contribution is 0.583. The Hall–Kier alpha value is -1.77. The van der Waals surface area contributed by atoms with Crippen LogP contribution in [0.2, 0.25) is 0 Å². The van der Waals surface area contributed by atoms with Gasteiger partial charge in [0.2, 0.25) is 0 Å². The predicted molar refractivity (Wildman–Crippen MR) is 56.5 cm³/mol. The van der Waals surface area contributed by atoms with Gasteiger partial charge in [-0.15, -0.1) is 0 Å². The SMILES string of the molecule is Cc1ccc(F)c(-c2ccc(F)cc2)c1F. The number of hydrogen-bond acceptors (Lipinski definition) is 0. The minimum atomic E-state index is -0.644. The molecule has 0 aliphatic carbocycles. The molecule has 2 rings (SSSR count). The number of benzene rings is 2. The highest BCUT2D eigenvalue weighted by atomic mass is 19.1. The van der Waals surface area contributed by atoms with E-state index in [-0.39, 0.29) is 5.56 Å². The highest BCUT2D eigenvalue weighted by Crippen LogP contribution is 2.27. The maximum absolute atomic E-state index is 13.7. The van der Waals surface area contributed by atoms with Crippen molar-refractivity contribution in [1.29, 1.82) is 0 Å². The smallest absolute Gasteiger partial charge is 0.136 e. The van der Waals surface area contributed by atoms with Crippen molar-refractivity contribution in [3.63, 3.8) is 0 Å². The van der Waals surface area contributed by atoms with E-state index in [9.17, 15) is 13.2 Å². The molecule has 0 aliphatic rings. The van der Waals surface area contributed by atoms with E-state index in [1.54, 1.807) is 6.92 Å². The first kappa shape index (κ1) is 10.7. The van der Waals surface area contributed by atoms with Gasteiger partial charge in [-0.2, -0.15) is 0 Å². The van der Waals surface area contributed by atoms with Crippen molar-refractivity contribution in [3.05, 3.63) is 59.4 Å². The van der Waals surface area contributed by atoms with Gasteiger partial charge >= 0.3 is 0 Å². The van der Waals surface area contributed by atoms with Crippen LogP contribution in [0.15, 0.2) is 36.4 Å². The molecule has 0 spiro atoms. The molecule has 0 fully saturated rings. The van der Waals surface area contributed by atoms with E-state index in [0.717, 1.165) is 0 Å². The first-order valence-electron chi connectivity index (χ1n) is 4.80. The first-order valence-corrected chi connectivity index (χ1v) is 4.80. The summed E-state index contributed by atoms with van der Waals surface area (Å²) in [6.07, 6.45) is 0. The lowest BCUT2D eigenvalue weighted by atomic mass is 10.0. The molecule has 0 N–H and O–H groups in total. The van der Waals surface area contributed by atoms with Crippen molar-refractivity contribution in [2.24, 2.45) is 0 Å². The highest BCUT2D eigenvalue weighted by Gasteiger charge is 2.13. The van der Waals surface area contributed by atoms with Gasteiger partial charge in [0.15, 0.2) is 0 Å². The van der Waals surface area contributed by atoms with Gasteiger partial charge in [0.25, 0.3) is 0 Å². The second-order valence-electron chi connectivity index (χ2n) is 3.56. The van der Waals surface area contributed by atoms with Crippen molar-refractivity contribution in [2.45, 2.75) is 6.92 Å². The molecule has 0 nitrogen and oxygen atoms in total. The summed E-state index contributed by atoms with van der Waals surface area (Å²) in [6.45, 7) is 1.56. The number of halogens is 3. The summed E-state index contributed by atoms with van der Waals surface area (Å²) < 4.78 is 39.9.